The highest BCUT2D eigenvalue weighted by atomic mass is 35.5. The summed E-state index contributed by atoms with van der Waals surface area (Å²) in [6, 6.07) is 11.8. The Hall–Kier alpha value is -3.37. The van der Waals surface area contributed by atoms with Gasteiger partial charge in [0.05, 0.1) is 32.7 Å². The van der Waals surface area contributed by atoms with Crippen molar-refractivity contribution in [1.29, 1.82) is 5.26 Å². The maximum atomic E-state index is 12.4. The molecule has 0 atom stereocenters. The van der Waals surface area contributed by atoms with Gasteiger partial charge in [0, 0.05) is 17.3 Å². The second-order valence-electron chi connectivity index (χ2n) is 5.18. The average Bonchev–Trinajstić information content (AvgIpc) is 2.68. The molecule has 1 amide bonds. The Bertz CT molecular complexity index is 906. The number of nitrogens with zero attached hydrogens (tertiary/aromatic N) is 1. The van der Waals surface area contributed by atoms with Gasteiger partial charge in [-0.25, -0.2) is 0 Å². The number of anilines is 2. The Morgan fingerprint density at radius 2 is 1.78 bits per heavy atom. The number of carbonyl (C=O) groups excluding carboxylic acids is 1. The number of halogens is 1. The molecule has 7 nitrogen and oxygen atoms in total. The van der Waals surface area contributed by atoms with E-state index in [1.165, 1.54) is 26.5 Å². The molecule has 0 spiro atoms. The lowest BCUT2D eigenvalue weighted by molar-refractivity contribution is -0.112. The van der Waals surface area contributed by atoms with E-state index in [1.807, 2.05) is 6.07 Å². The number of rotatable bonds is 7. The Morgan fingerprint density at radius 3 is 2.41 bits per heavy atom. The van der Waals surface area contributed by atoms with Crippen LogP contribution in [0.4, 0.5) is 11.4 Å². The van der Waals surface area contributed by atoms with Crippen LogP contribution in [0.25, 0.3) is 0 Å². The molecule has 0 bridgehead atoms. The minimum absolute atomic E-state index is 0.144. The van der Waals surface area contributed by atoms with Gasteiger partial charge in [0.1, 0.15) is 28.9 Å². The third-order valence-electron chi connectivity index (χ3n) is 3.56. The molecule has 140 valence electrons. The lowest BCUT2D eigenvalue weighted by Gasteiger charge is -2.11. The van der Waals surface area contributed by atoms with Crippen LogP contribution in [0.5, 0.6) is 17.2 Å². The molecule has 0 radical (unpaired) electrons. The van der Waals surface area contributed by atoms with Gasteiger partial charge in [-0.15, -0.1) is 0 Å². The zero-order valence-electron chi connectivity index (χ0n) is 15.0. The molecule has 2 aromatic rings. The van der Waals surface area contributed by atoms with Crippen LogP contribution in [0.2, 0.25) is 5.02 Å². The fraction of sp³-hybridized carbons (Fsp3) is 0.158. The van der Waals surface area contributed by atoms with Crippen LogP contribution in [-0.4, -0.2) is 27.2 Å². The topological polar surface area (TPSA) is 92.6 Å². The van der Waals surface area contributed by atoms with Gasteiger partial charge in [-0.2, -0.15) is 5.26 Å². The molecule has 2 aromatic carbocycles. The van der Waals surface area contributed by atoms with Crippen LogP contribution in [0, 0.1) is 11.3 Å². The lowest BCUT2D eigenvalue weighted by Crippen LogP contribution is -2.15. The number of hydrogen-bond donors (Lipinski definition) is 2. The molecule has 2 rings (SSSR count). The number of methoxy groups -OCH3 is 3. The summed E-state index contributed by atoms with van der Waals surface area (Å²) in [5, 5.41) is 15.2. The Morgan fingerprint density at radius 1 is 1.04 bits per heavy atom. The van der Waals surface area contributed by atoms with Crippen molar-refractivity contribution in [1.82, 2.24) is 0 Å². The summed E-state index contributed by atoms with van der Waals surface area (Å²) in [6.07, 6.45) is 1.29. The van der Waals surface area contributed by atoms with E-state index < -0.39 is 5.91 Å². The minimum Gasteiger partial charge on any atom is -0.497 e. The molecule has 0 aliphatic heterocycles. The summed E-state index contributed by atoms with van der Waals surface area (Å²) in [5.74, 6) is 0.931. The van der Waals surface area contributed by atoms with Gasteiger partial charge in [0.25, 0.3) is 5.91 Å². The van der Waals surface area contributed by atoms with Gasteiger partial charge in [0.2, 0.25) is 0 Å². The van der Waals surface area contributed by atoms with Gasteiger partial charge in [0.15, 0.2) is 0 Å². The van der Waals surface area contributed by atoms with Crippen LogP contribution < -0.4 is 24.8 Å². The third-order valence-corrected chi connectivity index (χ3v) is 3.79. The fourth-order valence-electron chi connectivity index (χ4n) is 2.18. The summed E-state index contributed by atoms with van der Waals surface area (Å²) in [7, 11) is 4.52. The van der Waals surface area contributed by atoms with Crippen LogP contribution in [0.1, 0.15) is 0 Å². The summed E-state index contributed by atoms with van der Waals surface area (Å²) in [4.78, 5) is 12.4. The van der Waals surface area contributed by atoms with Crippen LogP contribution in [0.3, 0.4) is 0 Å². The predicted molar refractivity (Wildman–Crippen MR) is 103 cm³/mol. The van der Waals surface area contributed by atoms with E-state index in [9.17, 15) is 10.1 Å². The van der Waals surface area contributed by atoms with E-state index in [0.29, 0.717) is 33.6 Å². The number of carbonyl (C=O) groups is 1. The number of benzene rings is 2. The first-order valence-electron chi connectivity index (χ1n) is 7.76. The van der Waals surface area contributed by atoms with E-state index in [2.05, 4.69) is 10.6 Å². The van der Waals surface area contributed by atoms with Crippen molar-refractivity contribution >= 4 is 28.9 Å². The molecule has 0 unspecified atom stereocenters. The zero-order chi connectivity index (χ0) is 19.8. The summed E-state index contributed by atoms with van der Waals surface area (Å²) in [5.41, 5.74) is 0.785. The van der Waals surface area contributed by atoms with E-state index in [-0.39, 0.29) is 5.57 Å². The maximum Gasteiger partial charge on any atom is 0.267 e. The highest BCUT2D eigenvalue weighted by Crippen LogP contribution is 2.30. The molecule has 0 aliphatic rings. The molecule has 8 heteroatoms. The second-order valence-corrected chi connectivity index (χ2v) is 5.62. The highest BCUT2D eigenvalue weighted by Gasteiger charge is 2.13. The van der Waals surface area contributed by atoms with E-state index in [4.69, 9.17) is 25.8 Å². The number of ether oxygens (including phenoxy) is 3. The number of nitriles is 1. The Kier molecular flexibility index (Phi) is 6.92. The van der Waals surface area contributed by atoms with Crippen LogP contribution in [-0.2, 0) is 4.79 Å². The van der Waals surface area contributed by atoms with Gasteiger partial charge >= 0.3 is 0 Å². The largest absolute Gasteiger partial charge is 0.497 e. The van der Waals surface area contributed by atoms with Crippen molar-refractivity contribution in [3.8, 4) is 23.3 Å². The first kappa shape index (κ1) is 19.9. The van der Waals surface area contributed by atoms with Crippen LogP contribution >= 0.6 is 11.6 Å². The molecular weight excluding hydrogens is 370 g/mol. The summed E-state index contributed by atoms with van der Waals surface area (Å²) >= 11 is 5.95. The predicted octanol–water partition coefficient (Wildman–Crippen LogP) is 3.82. The van der Waals surface area contributed by atoms with E-state index in [1.54, 1.807) is 37.4 Å². The quantitative estimate of drug-likeness (QED) is 0.554. The summed E-state index contributed by atoms with van der Waals surface area (Å²) < 4.78 is 15.6. The first-order chi connectivity index (χ1) is 13.0. The molecule has 0 aromatic heterocycles. The second kappa shape index (κ2) is 9.36. The van der Waals surface area contributed by atoms with Crippen molar-refractivity contribution < 1.29 is 19.0 Å². The number of amides is 1. The Labute approximate surface area is 162 Å². The van der Waals surface area contributed by atoms with Crippen molar-refractivity contribution in [2.24, 2.45) is 0 Å². The zero-order valence-corrected chi connectivity index (χ0v) is 15.8. The number of nitrogens with one attached hydrogen (secondary N) is 2. The van der Waals surface area contributed by atoms with Gasteiger partial charge in [-0.05, 0) is 30.3 Å². The first-order valence-corrected chi connectivity index (χ1v) is 8.14. The molecule has 0 heterocycles. The molecule has 0 fully saturated rings. The molecule has 2 N–H and O–H groups in total. The van der Waals surface area contributed by atoms with Crippen molar-refractivity contribution in [2.75, 3.05) is 32.0 Å². The van der Waals surface area contributed by atoms with Crippen molar-refractivity contribution in [2.45, 2.75) is 0 Å². The monoisotopic (exact) mass is 387 g/mol. The normalized spacial score (nSPS) is 10.6. The van der Waals surface area contributed by atoms with E-state index >= 15 is 0 Å². The smallest absolute Gasteiger partial charge is 0.267 e. The van der Waals surface area contributed by atoms with Crippen molar-refractivity contribution in [3.63, 3.8) is 0 Å². The molecule has 0 aliphatic carbocycles. The fourth-order valence-corrected chi connectivity index (χ4v) is 2.36. The number of hydrogen-bond acceptors (Lipinski definition) is 6. The van der Waals surface area contributed by atoms with E-state index in [0.717, 1.165) is 0 Å². The molecule has 0 saturated carbocycles. The lowest BCUT2D eigenvalue weighted by atomic mass is 10.2. The van der Waals surface area contributed by atoms with Crippen molar-refractivity contribution in [3.05, 3.63) is 53.2 Å². The average molecular weight is 388 g/mol. The van der Waals surface area contributed by atoms with Gasteiger partial charge < -0.3 is 24.8 Å². The summed E-state index contributed by atoms with van der Waals surface area (Å²) in [6.45, 7) is 0. The Balaban J connectivity index is 2.20. The van der Waals surface area contributed by atoms with Gasteiger partial charge in [-0.1, -0.05) is 11.6 Å². The minimum atomic E-state index is -0.613. The van der Waals surface area contributed by atoms with Gasteiger partial charge in [-0.3, -0.25) is 4.79 Å². The SMILES string of the molecule is COc1ccc(N/C=C(/C#N)C(=O)Nc2cc(Cl)ccc2OC)c(OC)c1. The van der Waals surface area contributed by atoms with Crippen LogP contribution in [0.15, 0.2) is 48.2 Å². The molecular formula is C19H18ClN3O4. The standard InChI is InChI=1S/C19H18ClN3O4/c1-25-14-5-6-15(18(9-14)27-3)22-11-12(10-21)19(24)23-16-8-13(20)4-7-17(16)26-2/h4-9,11,22H,1-3H3,(H,23,24)/b12-11-. The maximum absolute atomic E-state index is 12.4. The molecule has 27 heavy (non-hydrogen) atoms. The molecule has 0 saturated heterocycles. The highest BCUT2D eigenvalue weighted by molar-refractivity contribution is 6.31. The third kappa shape index (κ3) is 5.06.